The quantitative estimate of drug-likeness (QED) is 0.880. The molecular weight excluding hydrogens is 226 g/mol. The number of hydrogen-bond acceptors (Lipinski definition) is 4. The second-order valence-corrected chi connectivity index (χ2v) is 4.92. The van der Waals surface area contributed by atoms with Gasteiger partial charge in [0, 0.05) is 0 Å². The molecule has 18 heavy (non-hydrogen) atoms. The number of hydrogen-bond donors (Lipinski definition) is 1. The largest absolute Gasteiger partial charge is 0.339 e. The van der Waals surface area contributed by atoms with Crippen LogP contribution in [0.2, 0.25) is 0 Å². The number of nitrogens with zero attached hydrogens (tertiary/aromatic N) is 2. The molecule has 0 amide bonds. The van der Waals surface area contributed by atoms with E-state index in [2.05, 4.69) is 34.4 Å². The lowest BCUT2D eigenvalue weighted by molar-refractivity contribution is 0.349. The van der Waals surface area contributed by atoms with Gasteiger partial charge in [-0.25, -0.2) is 0 Å². The fraction of sp³-hybridized carbons (Fsp3) is 0.429. The second kappa shape index (κ2) is 4.53. The molecule has 0 bridgehead atoms. The third-order valence-electron chi connectivity index (χ3n) is 3.53. The average Bonchev–Trinajstić information content (AvgIpc) is 2.87. The van der Waals surface area contributed by atoms with Gasteiger partial charge in [0.25, 0.3) is 0 Å². The molecule has 1 aliphatic carbocycles. The lowest BCUT2D eigenvalue weighted by Crippen LogP contribution is -2.12. The van der Waals surface area contributed by atoms with Gasteiger partial charge < -0.3 is 10.3 Å². The molecule has 0 saturated carbocycles. The summed E-state index contributed by atoms with van der Waals surface area (Å²) in [7, 11) is 0. The summed E-state index contributed by atoms with van der Waals surface area (Å²) in [5, 5.41) is 3.95. The molecule has 1 heterocycles. The monoisotopic (exact) mass is 243 g/mol. The minimum atomic E-state index is -0.179. The van der Waals surface area contributed by atoms with Crippen LogP contribution in [0.1, 0.15) is 54.6 Å². The van der Waals surface area contributed by atoms with Gasteiger partial charge in [-0.05, 0) is 37.3 Å². The topological polar surface area (TPSA) is 64.9 Å². The molecule has 4 nitrogen and oxygen atoms in total. The minimum absolute atomic E-state index is 0.179. The van der Waals surface area contributed by atoms with Gasteiger partial charge in [-0.2, -0.15) is 4.98 Å². The molecule has 94 valence electrons. The van der Waals surface area contributed by atoms with E-state index in [0.717, 1.165) is 19.3 Å². The van der Waals surface area contributed by atoms with Crippen LogP contribution in [0.3, 0.4) is 0 Å². The molecule has 1 aromatic heterocycles. The molecule has 0 radical (unpaired) electrons. The van der Waals surface area contributed by atoms with Gasteiger partial charge in [0.1, 0.15) is 0 Å². The van der Waals surface area contributed by atoms with Crippen molar-refractivity contribution in [1.29, 1.82) is 0 Å². The third kappa shape index (κ3) is 1.93. The zero-order valence-corrected chi connectivity index (χ0v) is 10.5. The van der Waals surface area contributed by atoms with E-state index in [1.807, 2.05) is 6.92 Å². The van der Waals surface area contributed by atoms with Crippen molar-refractivity contribution in [1.82, 2.24) is 10.1 Å². The molecule has 2 N–H and O–H groups in total. The zero-order valence-electron chi connectivity index (χ0n) is 10.5. The van der Waals surface area contributed by atoms with Gasteiger partial charge in [0.05, 0.1) is 12.0 Å². The standard InChI is InChI=1S/C14H17N3O/c1-9(15)13-16-14(18-17-13)12-8-4-6-10-5-2-3-7-11(10)12/h2-3,5,7,9,12H,4,6,8,15H2,1H3. The maximum Gasteiger partial charge on any atom is 0.234 e. The Hall–Kier alpha value is -1.68. The van der Waals surface area contributed by atoms with Gasteiger partial charge >= 0.3 is 0 Å². The van der Waals surface area contributed by atoms with Gasteiger partial charge in [-0.3, -0.25) is 0 Å². The fourth-order valence-electron chi connectivity index (χ4n) is 2.58. The molecular formula is C14H17N3O. The van der Waals surface area contributed by atoms with Crippen molar-refractivity contribution in [2.75, 3.05) is 0 Å². The van der Waals surface area contributed by atoms with E-state index in [1.165, 1.54) is 11.1 Å². The zero-order chi connectivity index (χ0) is 12.5. The van der Waals surface area contributed by atoms with Crippen molar-refractivity contribution >= 4 is 0 Å². The molecule has 0 spiro atoms. The predicted octanol–water partition coefficient (Wildman–Crippen LogP) is 2.56. The van der Waals surface area contributed by atoms with Gasteiger partial charge in [-0.1, -0.05) is 29.4 Å². The molecule has 4 heteroatoms. The molecule has 0 fully saturated rings. The molecule has 1 aliphatic rings. The van der Waals surface area contributed by atoms with E-state index < -0.39 is 0 Å². The number of fused-ring (bicyclic) bond motifs is 1. The van der Waals surface area contributed by atoms with Crippen molar-refractivity contribution in [3.05, 3.63) is 47.1 Å². The Morgan fingerprint density at radius 1 is 1.39 bits per heavy atom. The Balaban J connectivity index is 1.97. The summed E-state index contributed by atoms with van der Waals surface area (Å²) >= 11 is 0. The van der Waals surface area contributed by atoms with Crippen LogP contribution in [0, 0.1) is 0 Å². The summed E-state index contributed by atoms with van der Waals surface area (Å²) in [6.07, 6.45) is 3.37. The Kier molecular flexibility index (Phi) is 2.88. The molecule has 2 atom stereocenters. The van der Waals surface area contributed by atoms with Crippen LogP contribution >= 0.6 is 0 Å². The predicted molar refractivity (Wildman–Crippen MR) is 68.1 cm³/mol. The summed E-state index contributed by atoms with van der Waals surface area (Å²) in [5.41, 5.74) is 8.49. The number of nitrogens with two attached hydrogens (primary N) is 1. The first-order valence-electron chi connectivity index (χ1n) is 6.42. The van der Waals surface area contributed by atoms with Crippen LogP contribution < -0.4 is 5.73 Å². The van der Waals surface area contributed by atoms with E-state index >= 15 is 0 Å². The van der Waals surface area contributed by atoms with E-state index in [0.29, 0.717) is 11.7 Å². The van der Waals surface area contributed by atoms with Gasteiger partial charge in [0.15, 0.2) is 5.82 Å². The van der Waals surface area contributed by atoms with E-state index in [1.54, 1.807) is 0 Å². The van der Waals surface area contributed by atoms with E-state index in [4.69, 9.17) is 10.3 Å². The van der Waals surface area contributed by atoms with E-state index in [9.17, 15) is 0 Å². The normalized spacial score (nSPS) is 20.4. The number of aryl methyl sites for hydroxylation is 1. The van der Waals surface area contributed by atoms with Crippen LogP contribution in [0.15, 0.2) is 28.8 Å². The highest BCUT2D eigenvalue weighted by Gasteiger charge is 2.26. The summed E-state index contributed by atoms with van der Waals surface area (Å²) < 4.78 is 5.38. The lowest BCUT2D eigenvalue weighted by atomic mass is 9.83. The lowest BCUT2D eigenvalue weighted by Gasteiger charge is -2.22. The average molecular weight is 243 g/mol. The Labute approximate surface area is 106 Å². The van der Waals surface area contributed by atoms with Gasteiger partial charge in [0.2, 0.25) is 5.89 Å². The summed E-state index contributed by atoms with van der Waals surface area (Å²) in [5.74, 6) is 1.53. The summed E-state index contributed by atoms with van der Waals surface area (Å²) in [4.78, 5) is 4.43. The Morgan fingerprint density at radius 3 is 3.00 bits per heavy atom. The SMILES string of the molecule is CC(N)c1noc(C2CCCc3ccccc32)n1. The van der Waals surface area contributed by atoms with Crippen molar-refractivity contribution < 1.29 is 4.52 Å². The number of aromatic nitrogens is 2. The van der Waals surface area contributed by atoms with E-state index in [-0.39, 0.29) is 12.0 Å². The summed E-state index contributed by atoms with van der Waals surface area (Å²) in [6, 6.07) is 8.32. The van der Waals surface area contributed by atoms with Crippen molar-refractivity contribution in [3.8, 4) is 0 Å². The third-order valence-corrected chi connectivity index (χ3v) is 3.53. The molecule has 1 aromatic carbocycles. The second-order valence-electron chi connectivity index (χ2n) is 4.92. The number of benzene rings is 1. The summed E-state index contributed by atoms with van der Waals surface area (Å²) in [6.45, 7) is 1.86. The van der Waals surface area contributed by atoms with Crippen molar-refractivity contribution in [3.63, 3.8) is 0 Å². The molecule has 3 rings (SSSR count). The highest BCUT2D eigenvalue weighted by molar-refractivity contribution is 5.35. The minimum Gasteiger partial charge on any atom is -0.339 e. The Bertz CT molecular complexity index is 547. The Morgan fingerprint density at radius 2 is 2.22 bits per heavy atom. The first-order valence-corrected chi connectivity index (χ1v) is 6.42. The molecule has 2 unspecified atom stereocenters. The molecule has 2 aromatic rings. The maximum absolute atomic E-state index is 5.77. The molecule has 0 saturated heterocycles. The van der Waals surface area contributed by atoms with Crippen molar-refractivity contribution in [2.45, 2.75) is 38.1 Å². The highest BCUT2D eigenvalue weighted by atomic mass is 16.5. The fourth-order valence-corrected chi connectivity index (χ4v) is 2.58. The number of rotatable bonds is 2. The maximum atomic E-state index is 5.77. The van der Waals surface area contributed by atoms with Crippen LogP contribution in [0.5, 0.6) is 0 Å². The smallest absolute Gasteiger partial charge is 0.234 e. The van der Waals surface area contributed by atoms with Crippen LogP contribution in [0.4, 0.5) is 0 Å². The van der Waals surface area contributed by atoms with Crippen LogP contribution in [-0.4, -0.2) is 10.1 Å². The highest BCUT2D eigenvalue weighted by Crippen LogP contribution is 2.35. The first-order chi connectivity index (χ1) is 8.75. The van der Waals surface area contributed by atoms with Crippen LogP contribution in [0.25, 0.3) is 0 Å². The first kappa shape index (κ1) is 11.4. The molecule has 0 aliphatic heterocycles. The van der Waals surface area contributed by atoms with Crippen molar-refractivity contribution in [2.24, 2.45) is 5.73 Å². The van der Waals surface area contributed by atoms with Crippen LogP contribution in [-0.2, 0) is 6.42 Å². The van der Waals surface area contributed by atoms with Gasteiger partial charge in [-0.15, -0.1) is 0 Å².